The van der Waals surface area contributed by atoms with Crippen LogP contribution >= 0.6 is 0 Å². The molecule has 2 bridgehead atoms. The topological polar surface area (TPSA) is 69.6 Å². The molecule has 0 spiro atoms. The highest BCUT2D eigenvalue weighted by atomic mass is 16.4. The minimum atomic E-state index is -0.740. The van der Waals surface area contributed by atoms with Crippen molar-refractivity contribution in [3.05, 3.63) is 0 Å². The second-order valence-electron chi connectivity index (χ2n) is 6.22. The van der Waals surface area contributed by atoms with Crippen LogP contribution in [0.5, 0.6) is 0 Å². The van der Waals surface area contributed by atoms with Gasteiger partial charge in [-0.25, -0.2) is 4.79 Å². The molecule has 3 rings (SSSR count). The van der Waals surface area contributed by atoms with Gasteiger partial charge < -0.3 is 15.3 Å². The lowest BCUT2D eigenvalue weighted by Crippen LogP contribution is -2.52. The van der Waals surface area contributed by atoms with E-state index in [9.17, 15) is 14.7 Å². The average molecular weight is 266 g/mol. The summed E-state index contributed by atoms with van der Waals surface area (Å²) in [5.41, 5.74) is 0. The molecule has 0 aromatic rings. The second kappa shape index (κ2) is 5.02. The second-order valence-corrected chi connectivity index (χ2v) is 6.22. The van der Waals surface area contributed by atoms with Gasteiger partial charge in [0.05, 0.1) is 5.92 Å². The van der Waals surface area contributed by atoms with Crippen molar-refractivity contribution in [2.45, 2.75) is 44.6 Å². The van der Waals surface area contributed by atoms with E-state index >= 15 is 0 Å². The Labute approximate surface area is 113 Å². The summed E-state index contributed by atoms with van der Waals surface area (Å²) in [6.07, 6.45) is 6.37. The van der Waals surface area contributed by atoms with E-state index in [1.54, 1.807) is 0 Å². The summed E-state index contributed by atoms with van der Waals surface area (Å²) in [6, 6.07) is -0.200. The number of carbonyl (C=O) groups is 2. The van der Waals surface area contributed by atoms with Gasteiger partial charge in [0.15, 0.2) is 0 Å². The van der Waals surface area contributed by atoms with E-state index in [1.165, 1.54) is 6.42 Å². The summed E-state index contributed by atoms with van der Waals surface area (Å²) in [5, 5.41) is 12.4. The van der Waals surface area contributed by atoms with Gasteiger partial charge in [-0.3, -0.25) is 4.79 Å². The summed E-state index contributed by atoms with van der Waals surface area (Å²) >= 11 is 0. The Hall–Kier alpha value is -1.26. The minimum absolute atomic E-state index is 0.0523. The van der Waals surface area contributed by atoms with E-state index in [0.29, 0.717) is 5.92 Å². The Morgan fingerprint density at radius 2 is 1.74 bits per heavy atom. The molecule has 4 atom stereocenters. The van der Waals surface area contributed by atoms with Crippen molar-refractivity contribution in [3.8, 4) is 0 Å². The minimum Gasteiger partial charge on any atom is -0.481 e. The number of nitrogens with zero attached hydrogens (tertiary/aromatic N) is 1. The number of hydrogen-bond donors (Lipinski definition) is 2. The Bertz CT molecular complexity index is 379. The highest BCUT2D eigenvalue weighted by molar-refractivity contribution is 5.77. The average Bonchev–Trinajstić information content (AvgIpc) is 3.00. The number of nitrogens with one attached hydrogen (secondary N) is 1. The molecule has 5 nitrogen and oxygen atoms in total. The van der Waals surface area contributed by atoms with Gasteiger partial charge >= 0.3 is 12.0 Å². The summed E-state index contributed by atoms with van der Waals surface area (Å²) in [7, 11) is 0. The number of carboxylic acid groups (broad SMARTS) is 1. The van der Waals surface area contributed by atoms with Crippen LogP contribution in [0, 0.1) is 17.8 Å². The predicted molar refractivity (Wildman–Crippen MR) is 69.7 cm³/mol. The number of fused-ring (bicyclic) bond motifs is 2. The van der Waals surface area contributed by atoms with Crippen LogP contribution in [-0.4, -0.2) is 41.1 Å². The Balaban J connectivity index is 1.64. The van der Waals surface area contributed by atoms with Crippen molar-refractivity contribution in [3.63, 3.8) is 0 Å². The number of hydrogen-bond acceptors (Lipinski definition) is 2. The predicted octanol–water partition coefficient (Wildman–Crippen LogP) is 1.68. The van der Waals surface area contributed by atoms with Crippen LogP contribution in [-0.2, 0) is 4.79 Å². The maximum Gasteiger partial charge on any atom is 0.317 e. The normalized spacial score (nSPS) is 37.4. The Kier molecular flexibility index (Phi) is 3.37. The number of carbonyl (C=O) groups excluding carboxylic acids is 1. The van der Waals surface area contributed by atoms with Crippen LogP contribution in [0.4, 0.5) is 4.79 Å². The van der Waals surface area contributed by atoms with E-state index in [0.717, 1.165) is 45.2 Å². The zero-order valence-electron chi connectivity index (χ0n) is 11.2. The number of piperidine rings is 1. The quantitative estimate of drug-likeness (QED) is 0.799. The molecule has 1 saturated heterocycles. The number of likely N-dealkylation sites (tertiary alicyclic amines) is 1. The maximum absolute atomic E-state index is 12.2. The van der Waals surface area contributed by atoms with E-state index in [1.807, 2.05) is 4.90 Å². The first kappa shape index (κ1) is 12.8. The number of aliphatic carboxylic acids is 1. The van der Waals surface area contributed by atoms with Crippen LogP contribution in [0.1, 0.15) is 38.5 Å². The number of carboxylic acids is 1. The van der Waals surface area contributed by atoms with Crippen LogP contribution in [0.3, 0.4) is 0 Å². The lowest BCUT2D eigenvalue weighted by molar-refractivity contribution is -0.144. The largest absolute Gasteiger partial charge is 0.481 e. The van der Waals surface area contributed by atoms with Crippen LogP contribution in [0.2, 0.25) is 0 Å². The first-order chi connectivity index (χ1) is 9.16. The van der Waals surface area contributed by atoms with Crippen LogP contribution in [0.15, 0.2) is 0 Å². The van der Waals surface area contributed by atoms with Crippen molar-refractivity contribution in [1.82, 2.24) is 10.2 Å². The van der Waals surface area contributed by atoms with Gasteiger partial charge in [-0.05, 0) is 50.4 Å². The summed E-state index contributed by atoms with van der Waals surface area (Å²) < 4.78 is 0. The molecule has 0 aromatic heterocycles. The highest BCUT2D eigenvalue weighted by Crippen LogP contribution is 2.48. The maximum atomic E-state index is 12.2. The third-order valence-corrected chi connectivity index (χ3v) is 5.13. The highest BCUT2D eigenvalue weighted by Gasteiger charge is 2.51. The lowest BCUT2D eigenvalue weighted by Gasteiger charge is -2.33. The van der Waals surface area contributed by atoms with E-state index < -0.39 is 5.97 Å². The molecule has 2 aliphatic carbocycles. The first-order valence-electron chi connectivity index (χ1n) is 7.45. The van der Waals surface area contributed by atoms with Crippen molar-refractivity contribution >= 4 is 12.0 Å². The van der Waals surface area contributed by atoms with Gasteiger partial charge in [0.1, 0.15) is 0 Å². The molecule has 5 heteroatoms. The summed E-state index contributed by atoms with van der Waals surface area (Å²) in [4.78, 5) is 25.5. The molecule has 2 saturated carbocycles. The standard InChI is InChI=1S/C14H22N2O3/c17-13(18)11-9-4-5-10(8-9)12(11)15-14(19)16-6-2-1-3-7-16/h9-12H,1-8H2,(H,15,19)(H,17,18). The molecule has 1 heterocycles. The van der Waals surface area contributed by atoms with Crippen molar-refractivity contribution in [2.75, 3.05) is 13.1 Å². The lowest BCUT2D eigenvalue weighted by atomic mass is 9.84. The third-order valence-electron chi connectivity index (χ3n) is 5.13. The van der Waals surface area contributed by atoms with Gasteiger partial charge in [-0.1, -0.05) is 0 Å². The molecule has 1 aliphatic heterocycles. The molecule has 106 valence electrons. The summed E-state index contributed by atoms with van der Waals surface area (Å²) in [6.45, 7) is 1.62. The smallest absolute Gasteiger partial charge is 0.317 e. The van der Waals surface area contributed by atoms with E-state index in [4.69, 9.17) is 0 Å². The summed E-state index contributed by atoms with van der Waals surface area (Å²) in [5.74, 6) is -0.461. The monoisotopic (exact) mass is 266 g/mol. The molecule has 3 fully saturated rings. The molecule has 19 heavy (non-hydrogen) atoms. The fourth-order valence-electron chi connectivity index (χ4n) is 4.19. The van der Waals surface area contributed by atoms with Crippen LogP contribution < -0.4 is 5.32 Å². The molecule has 2 N–H and O–H groups in total. The zero-order valence-corrected chi connectivity index (χ0v) is 11.2. The fraction of sp³-hybridized carbons (Fsp3) is 0.857. The molecule has 3 aliphatic rings. The number of urea groups is 1. The molecule has 0 radical (unpaired) electrons. The third kappa shape index (κ3) is 2.30. The Morgan fingerprint density at radius 3 is 2.42 bits per heavy atom. The van der Waals surface area contributed by atoms with Crippen molar-refractivity contribution in [2.24, 2.45) is 17.8 Å². The molecular weight excluding hydrogens is 244 g/mol. The van der Waals surface area contributed by atoms with Gasteiger partial charge in [0, 0.05) is 19.1 Å². The first-order valence-corrected chi connectivity index (χ1v) is 7.45. The Morgan fingerprint density at radius 1 is 1.05 bits per heavy atom. The van der Waals surface area contributed by atoms with Crippen molar-refractivity contribution in [1.29, 1.82) is 0 Å². The van der Waals surface area contributed by atoms with E-state index in [2.05, 4.69) is 5.32 Å². The zero-order chi connectivity index (χ0) is 13.4. The van der Waals surface area contributed by atoms with Gasteiger partial charge in [0.25, 0.3) is 0 Å². The SMILES string of the molecule is O=C(O)C1C2CCC(C2)C1NC(=O)N1CCCCC1. The van der Waals surface area contributed by atoms with Gasteiger partial charge in [-0.15, -0.1) is 0 Å². The number of amides is 2. The van der Waals surface area contributed by atoms with Crippen molar-refractivity contribution < 1.29 is 14.7 Å². The number of rotatable bonds is 2. The molecule has 2 amide bonds. The molecule has 4 unspecified atom stereocenters. The van der Waals surface area contributed by atoms with Crippen LogP contribution in [0.25, 0.3) is 0 Å². The van der Waals surface area contributed by atoms with Gasteiger partial charge in [0.2, 0.25) is 0 Å². The van der Waals surface area contributed by atoms with Gasteiger partial charge in [-0.2, -0.15) is 0 Å². The fourth-order valence-corrected chi connectivity index (χ4v) is 4.19. The van der Waals surface area contributed by atoms with E-state index in [-0.39, 0.29) is 23.9 Å². The molecular formula is C14H22N2O3. The molecule has 0 aromatic carbocycles.